The number of fused-ring (bicyclic) bond motifs is 1. The fourth-order valence-electron chi connectivity index (χ4n) is 3.40. The molecule has 0 amide bonds. The molecule has 114 valence electrons. The van der Waals surface area contributed by atoms with Gasteiger partial charge in [-0.05, 0) is 38.3 Å². The molecule has 3 N–H and O–H groups in total. The molecule has 3 rings (SSSR count). The third-order valence-corrected chi connectivity index (χ3v) is 4.80. The number of aliphatic imine (C=N–C) groups is 2. The summed E-state index contributed by atoms with van der Waals surface area (Å²) in [5, 5.41) is 3.37. The molecule has 1 aliphatic heterocycles. The fourth-order valence-corrected chi connectivity index (χ4v) is 3.40. The van der Waals surface area contributed by atoms with E-state index in [1.165, 1.54) is 6.42 Å². The fraction of sp³-hybridized carbons (Fsp3) is 0.647. The molecule has 2 atom stereocenters. The highest BCUT2D eigenvalue weighted by Gasteiger charge is 2.51. The van der Waals surface area contributed by atoms with Gasteiger partial charge in [-0.1, -0.05) is 31.2 Å². The molecule has 0 aromatic carbocycles. The molecule has 1 heterocycles. The molecule has 21 heavy (non-hydrogen) atoms. The number of hydrogen-bond acceptors (Lipinski definition) is 2. The molecule has 4 nitrogen and oxygen atoms in total. The zero-order valence-corrected chi connectivity index (χ0v) is 12.9. The van der Waals surface area contributed by atoms with Crippen molar-refractivity contribution >= 4 is 11.7 Å². The Morgan fingerprint density at radius 1 is 1.33 bits per heavy atom. The lowest BCUT2D eigenvalue weighted by Gasteiger charge is -2.19. The van der Waals surface area contributed by atoms with Crippen LogP contribution in [0.25, 0.3) is 0 Å². The number of allylic oxidation sites excluding steroid dienone is 4. The molecule has 2 unspecified atom stereocenters. The maximum atomic E-state index is 6.20. The number of rotatable bonds is 4. The summed E-state index contributed by atoms with van der Waals surface area (Å²) in [6.07, 6.45) is 14.0. The average molecular weight is 286 g/mol. The van der Waals surface area contributed by atoms with Crippen molar-refractivity contribution in [2.45, 2.75) is 45.1 Å². The Kier molecular flexibility index (Phi) is 4.24. The van der Waals surface area contributed by atoms with Gasteiger partial charge in [0.05, 0.1) is 6.04 Å². The molecule has 2 aliphatic carbocycles. The van der Waals surface area contributed by atoms with Crippen molar-refractivity contribution in [1.29, 1.82) is 0 Å². The van der Waals surface area contributed by atoms with Crippen LogP contribution in [0.5, 0.6) is 0 Å². The van der Waals surface area contributed by atoms with Gasteiger partial charge >= 0.3 is 0 Å². The van der Waals surface area contributed by atoms with Gasteiger partial charge in [0.25, 0.3) is 0 Å². The Labute approximate surface area is 127 Å². The number of nitrogens with zero attached hydrogens (tertiary/aromatic N) is 2. The number of nitrogens with two attached hydrogens (primary N) is 1. The van der Waals surface area contributed by atoms with Gasteiger partial charge in [0, 0.05) is 18.3 Å². The molecule has 4 heteroatoms. The van der Waals surface area contributed by atoms with Crippen molar-refractivity contribution in [2.75, 3.05) is 13.1 Å². The largest absolute Gasteiger partial charge is 0.387 e. The SMILES string of the molecule is CCC(N=C(N)CC12C=CC=CC1C2)=NC1CCNCC1. The quantitative estimate of drug-likeness (QED) is 0.616. The lowest BCUT2D eigenvalue weighted by molar-refractivity contribution is 0.459. The monoisotopic (exact) mass is 286 g/mol. The minimum absolute atomic E-state index is 0.260. The third-order valence-electron chi connectivity index (χ3n) is 4.80. The molecule has 0 spiro atoms. The Bertz CT molecular complexity index is 497. The normalized spacial score (nSPS) is 33.1. The van der Waals surface area contributed by atoms with E-state index in [0.717, 1.165) is 50.4 Å². The number of amidine groups is 2. The standard InChI is InChI=1S/C17H26N4/c1-2-16(20-14-6-9-19-10-7-14)21-15(18)12-17-8-4-3-5-13(17)11-17/h3-5,8,13-14,19H,2,6-7,9-12H2,1H3,(H2,18,20,21). The van der Waals surface area contributed by atoms with Gasteiger partial charge < -0.3 is 11.1 Å². The van der Waals surface area contributed by atoms with Crippen molar-refractivity contribution < 1.29 is 0 Å². The first-order valence-electron chi connectivity index (χ1n) is 8.18. The predicted molar refractivity (Wildman–Crippen MR) is 88.7 cm³/mol. The number of hydrogen-bond donors (Lipinski definition) is 2. The molecule has 2 fully saturated rings. The highest BCUT2D eigenvalue weighted by atomic mass is 15.0. The van der Waals surface area contributed by atoms with Crippen molar-refractivity contribution in [3.05, 3.63) is 24.3 Å². The summed E-state index contributed by atoms with van der Waals surface area (Å²) in [7, 11) is 0. The molecule has 0 aromatic heterocycles. The van der Waals surface area contributed by atoms with E-state index >= 15 is 0 Å². The van der Waals surface area contributed by atoms with E-state index in [4.69, 9.17) is 10.7 Å². The van der Waals surface area contributed by atoms with E-state index in [1.807, 2.05) is 0 Å². The van der Waals surface area contributed by atoms with E-state index in [2.05, 4.69) is 41.5 Å². The van der Waals surface area contributed by atoms with Crippen LogP contribution in [0.15, 0.2) is 34.3 Å². The van der Waals surface area contributed by atoms with Crippen LogP contribution in [-0.4, -0.2) is 30.8 Å². The van der Waals surface area contributed by atoms with Crippen LogP contribution in [0.4, 0.5) is 0 Å². The minimum Gasteiger partial charge on any atom is -0.387 e. The highest BCUT2D eigenvalue weighted by Crippen LogP contribution is 2.58. The summed E-state index contributed by atoms with van der Waals surface area (Å²) in [5.41, 5.74) is 6.46. The van der Waals surface area contributed by atoms with Gasteiger partial charge in [-0.25, -0.2) is 4.99 Å². The maximum absolute atomic E-state index is 6.20. The summed E-state index contributed by atoms with van der Waals surface area (Å²) in [6.45, 7) is 4.23. The van der Waals surface area contributed by atoms with Crippen LogP contribution >= 0.6 is 0 Å². The summed E-state index contributed by atoms with van der Waals surface area (Å²) >= 11 is 0. The lowest BCUT2D eigenvalue weighted by atomic mass is 9.95. The second-order valence-corrected chi connectivity index (χ2v) is 6.45. The molecule has 1 saturated heterocycles. The first kappa shape index (κ1) is 14.5. The summed E-state index contributed by atoms with van der Waals surface area (Å²) < 4.78 is 0. The van der Waals surface area contributed by atoms with Crippen molar-refractivity contribution in [3.63, 3.8) is 0 Å². The van der Waals surface area contributed by atoms with Crippen LogP contribution in [0.2, 0.25) is 0 Å². The highest BCUT2D eigenvalue weighted by molar-refractivity contribution is 5.96. The number of nitrogens with one attached hydrogen (secondary N) is 1. The van der Waals surface area contributed by atoms with Gasteiger partial charge in [-0.3, -0.25) is 4.99 Å². The van der Waals surface area contributed by atoms with Gasteiger partial charge in [0.15, 0.2) is 0 Å². The summed E-state index contributed by atoms with van der Waals surface area (Å²) in [5.74, 6) is 2.33. The molecule has 1 saturated carbocycles. The first-order valence-corrected chi connectivity index (χ1v) is 8.18. The first-order chi connectivity index (χ1) is 10.2. The van der Waals surface area contributed by atoms with Crippen molar-refractivity contribution in [3.8, 4) is 0 Å². The Balaban J connectivity index is 1.63. The van der Waals surface area contributed by atoms with Crippen LogP contribution < -0.4 is 11.1 Å². The Hall–Kier alpha value is -1.42. The van der Waals surface area contributed by atoms with Crippen molar-refractivity contribution in [2.24, 2.45) is 27.1 Å². The average Bonchev–Trinajstić information content (AvgIpc) is 3.21. The second kappa shape index (κ2) is 6.14. The van der Waals surface area contributed by atoms with Crippen LogP contribution in [-0.2, 0) is 0 Å². The smallest absolute Gasteiger partial charge is 0.125 e. The molecule has 0 aromatic rings. The van der Waals surface area contributed by atoms with E-state index in [-0.39, 0.29) is 5.41 Å². The minimum atomic E-state index is 0.260. The van der Waals surface area contributed by atoms with Gasteiger partial charge in [-0.15, -0.1) is 0 Å². The third kappa shape index (κ3) is 3.43. The Morgan fingerprint density at radius 2 is 2.14 bits per heavy atom. The molecular weight excluding hydrogens is 260 g/mol. The van der Waals surface area contributed by atoms with Crippen LogP contribution in [0, 0.1) is 11.3 Å². The molecule has 3 aliphatic rings. The summed E-state index contributed by atoms with van der Waals surface area (Å²) in [6, 6.07) is 0.419. The Morgan fingerprint density at radius 3 is 2.86 bits per heavy atom. The molecule has 0 bridgehead atoms. The van der Waals surface area contributed by atoms with Crippen LogP contribution in [0.3, 0.4) is 0 Å². The lowest BCUT2D eigenvalue weighted by Crippen LogP contribution is -2.30. The van der Waals surface area contributed by atoms with Crippen molar-refractivity contribution in [1.82, 2.24) is 5.32 Å². The van der Waals surface area contributed by atoms with E-state index in [0.29, 0.717) is 12.0 Å². The number of piperidine rings is 1. The summed E-state index contributed by atoms with van der Waals surface area (Å²) in [4.78, 5) is 9.42. The van der Waals surface area contributed by atoms with Gasteiger partial charge in [0.2, 0.25) is 0 Å². The van der Waals surface area contributed by atoms with E-state index < -0.39 is 0 Å². The zero-order chi connectivity index (χ0) is 14.7. The predicted octanol–water partition coefficient (Wildman–Crippen LogP) is 2.43. The van der Waals surface area contributed by atoms with E-state index in [1.54, 1.807) is 0 Å². The second-order valence-electron chi connectivity index (χ2n) is 6.45. The molecular formula is C17H26N4. The zero-order valence-electron chi connectivity index (χ0n) is 12.9. The topological polar surface area (TPSA) is 62.8 Å². The van der Waals surface area contributed by atoms with Crippen LogP contribution in [0.1, 0.15) is 39.0 Å². The molecule has 0 radical (unpaired) electrons. The van der Waals surface area contributed by atoms with Gasteiger partial charge in [0.1, 0.15) is 11.7 Å². The van der Waals surface area contributed by atoms with E-state index in [9.17, 15) is 0 Å². The maximum Gasteiger partial charge on any atom is 0.125 e. The van der Waals surface area contributed by atoms with Gasteiger partial charge in [-0.2, -0.15) is 0 Å².